The number of imide groups is 1. The Morgan fingerprint density at radius 1 is 1.19 bits per heavy atom. The van der Waals surface area contributed by atoms with E-state index in [2.05, 4.69) is 33.9 Å². The largest absolute Gasteiger partial charge is 0.447 e. The lowest BCUT2D eigenvalue weighted by Crippen LogP contribution is -2.44. The zero-order valence-electron chi connectivity index (χ0n) is 21.9. The van der Waals surface area contributed by atoms with Crippen molar-refractivity contribution in [2.75, 3.05) is 13.2 Å². The van der Waals surface area contributed by atoms with Gasteiger partial charge in [-0.25, -0.2) is 14.1 Å². The lowest BCUT2D eigenvalue weighted by Gasteiger charge is -2.36. The number of hydrogen-bond acceptors (Lipinski definition) is 4. The first-order valence-corrected chi connectivity index (χ1v) is 15.8. The van der Waals surface area contributed by atoms with Crippen LogP contribution in [0.25, 0.3) is 0 Å². The summed E-state index contributed by atoms with van der Waals surface area (Å²) in [6, 6.07) is 13.9. The highest BCUT2D eigenvalue weighted by atomic mass is 35.5. The summed E-state index contributed by atoms with van der Waals surface area (Å²) < 4.78 is 25.7. The van der Waals surface area contributed by atoms with E-state index in [1.54, 1.807) is 6.07 Å². The third-order valence-corrected chi connectivity index (χ3v) is 12.1. The van der Waals surface area contributed by atoms with Gasteiger partial charge < -0.3 is 9.16 Å². The number of nitrogens with zero attached hydrogens (tertiary/aromatic N) is 1. The SMILES string of the molecule is CC(C)(C)[Si](C)(C)OCCC[C@H](Cc1ccc(Cl)c(F)c1)C(=O)N1C(=O)OC[C@H]1Cc1ccccc1. The van der Waals surface area contributed by atoms with E-state index < -0.39 is 26.1 Å². The average Bonchev–Trinajstić information content (AvgIpc) is 3.17. The zero-order valence-corrected chi connectivity index (χ0v) is 23.6. The van der Waals surface area contributed by atoms with Crippen molar-refractivity contribution in [1.82, 2.24) is 4.90 Å². The molecule has 0 spiro atoms. The molecule has 1 saturated heterocycles. The van der Waals surface area contributed by atoms with Crippen LogP contribution in [0.3, 0.4) is 0 Å². The number of benzene rings is 2. The van der Waals surface area contributed by atoms with Crippen LogP contribution in [0.2, 0.25) is 23.2 Å². The zero-order chi connectivity index (χ0) is 26.5. The highest BCUT2D eigenvalue weighted by Gasteiger charge is 2.41. The van der Waals surface area contributed by atoms with E-state index in [9.17, 15) is 14.0 Å². The lowest BCUT2D eigenvalue weighted by atomic mass is 9.92. The number of ether oxygens (including phenoxy) is 1. The Hall–Kier alpha value is -2.22. The third-order valence-electron chi connectivity index (χ3n) is 7.29. The predicted octanol–water partition coefficient (Wildman–Crippen LogP) is 7.03. The quantitative estimate of drug-likeness (QED) is 0.243. The van der Waals surface area contributed by atoms with Gasteiger partial charge >= 0.3 is 6.09 Å². The second-order valence-corrected chi connectivity index (χ2v) is 16.2. The van der Waals surface area contributed by atoms with Crippen molar-refractivity contribution in [2.45, 2.75) is 70.6 Å². The van der Waals surface area contributed by atoms with Gasteiger partial charge in [0.2, 0.25) is 5.91 Å². The average molecular weight is 534 g/mol. The maximum Gasteiger partial charge on any atom is 0.416 e. The molecule has 3 rings (SSSR count). The summed E-state index contributed by atoms with van der Waals surface area (Å²) in [5.74, 6) is -1.33. The minimum Gasteiger partial charge on any atom is -0.447 e. The van der Waals surface area contributed by atoms with Crippen LogP contribution in [-0.4, -0.2) is 44.5 Å². The summed E-state index contributed by atoms with van der Waals surface area (Å²) in [6.45, 7) is 11.6. The topological polar surface area (TPSA) is 55.8 Å². The number of carbonyl (C=O) groups excluding carboxylic acids is 2. The Labute approximate surface area is 220 Å². The van der Waals surface area contributed by atoms with E-state index in [1.165, 1.54) is 17.0 Å². The van der Waals surface area contributed by atoms with Crippen molar-refractivity contribution in [2.24, 2.45) is 5.92 Å². The molecule has 0 unspecified atom stereocenters. The maximum absolute atomic E-state index is 14.1. The molecule has 2 atom stereocenters. The lowest BCUT2D eigenvalue weighted by molar-refractivity contribution is -0.133. The number of rotatable bonds is 10. The molecule has 1 fully saturated rings. The molecule has 0 saturated carbocycles. The van der Waals surface area contributed by atoms with Gasteiger partial charge in [0.25, 0.3) is 0 Å². The van der Waals surface area contributed by atoms with Crippen molar-refractivity contribution in [1.29, 1.82) is 0 Å². The molecule has 196 valence electrons. The van der Waals surface area contributed by atoms with Gasteiger partial charge in [0.15, 0.2) is 8.32 Å². The van der Waals surface area contributed by atoms with E-state index >= 15 is 0 Å². The van der Waals surface area contributed by atoms with Crippen LogP contribution in [0, 0.1) is 11.7 Å². The second kappa shape index (κ2) is 11.9. The minimum absolute atomic E-state index is 0.0374. The van der Waals surface area contributed by atoms with Crippen LogP contribution >= 0.6 is 11.6 Å². The van der Waals surface area contributed by atoms with Crippen LogP contribution in [0.15, 0.2) is 48.5 Å². The molecule has 0 aliphatic carbocycles. The molecule has 0 aromatic heterocycles. The van der Waals surface area contributed by atoms with E-state index in [1.807, 2.05) is 30.3 Å². The number of halogens is 2. The Morgan fingerprint density at radius 2 is 1.89 bits per heavy atom. The van der Waals surface area contributed by atoms with Crippen molar-refractivity contribution >= 4 is 31.9 Å². The summed E-state index contributed by atoms with van der Waals surface area (Å²) in [6.07, 6.45) is 1.38. The van der Waals surface area contributed by atoms with Gasteiger partial charge in [-0.2, -0.15) is 0 Å². The van der Waals surface area contributed by atoms with Gasteiger partial charge in [0.05, 0.1) is 11.1 Å². The highest BCUT2D eigenvalue weighted by molar-refractivity contribution is 6.74. The first kappa shape index (κ1) is 28.3. The highest BCUT2D eigenvalue weighted by Crippen LogP contribution is 2.36. The summed E-state index contributed by atoms with van der Waals surface area (Å²) in [5, 5.41) is 0.128. The van der Waals surface area contributed by atoms with Gasteiger partial charge in [-0.1, -0.05) is 68.8 Å². The van der Waals surface area contributed by atoms with Crippen LogP contribution in [0.5, 0.6) is 0 Å². The van der Waals surface area contributed by atoms with Crippen molar-refractivity contribution in [3.8, 4) is 0 Å². The molecule has 5 nitrogen and oxygen atoms in total. The summed E-state index contributed by atoms with van der Waals surface area (Å²) in [7, 11) is -1.92. The van der Waals surface area contributed by atoms with E-state index in [0.29, 0.717) is 37.9 Å². The Balaban J connectivity index is 1.76. The number of hydrogen-bond donors (Lipinski definition) is 0. The van der Waals surface area contributed by atoms with E-state index in [4.69, 9.17) is 20.8 Å². The molecule has 2 aromatic carbocycles. The molecule has 8 heteroatoms. The minimum atomic E-state index is -1.92. The second-order valence-electron chi connectivity index (χ2n) is 11.0. The van der Waals surface area contributed by atoms with Gasteiger partial charge in [0.1, 0.15) is 12.4 Å². The molecule has 1 heterocycles. The molecule has 36 heavy (non-hydrogen) atoms. The van der Waals surface area contributed by atoms with Crippen LogP contribution < -0.4 is 0 Å². The first-order valence-electron chi connectivity index (χ1n) is 12.5. The Bertz CT molecular complexity index is 1060. The van der Waals surface area contributed by atoms with Crippen LogP contribution in [0.1, 0.15) is 44.7 Å². The smallest absolute Gasteiger partial charge is 0.416 e. The molecule has 0 radical (unpaired) electrons. The molecule has 2 amide bonds. The summed E-state index contributed by atoms with van der Waals surface area (Å²) in [5.41, 5.74) is 1.69. The van der Waals surface area contributed by atoms with Crippen molar-refractivity contribution < 1.29 is 23.1 Å². The maximum atomic E-state index is 14.1. The number of cyclic esters (lactones) is 1. The van der Waals surface area contributed by atoms with E-state index in [0.717, 1.165) is 5.56 Å². The fraction of sp³-hybridized carbons (Fsp3) is 0.500. The van der Waals surface area contributed by atoms with Gasteiger partial charge in [-0.3, -0.25) is 4.79 Å². The van der Waals surface area contributed by atoms with Gasteiger partial charge in [0, 0.05) is 12.5 Å². The summed E-state index contributed by atoms with van der Waals surface area (Å²) in [4.78, 5) is 27.6. The van der Waals surface area contributed by atoms with Crippen LogP contribution in [0.4, 0.5) is 9.18 Å². The standard InChI is InChI=1S/C28H37ClFNO4Si/c1-28(2,3)36(4,5)35-15-9-12-22(16-21-13-14-24(29)25(30)18-21)26(32)31-23(19-34-27(31)33)17-20-10-7-6-8-11-20/h6-8,10-11,13-14,18,22-23H,9,12,15-17,19H2,1-5H3/t22-,23-/m1/s1. The molecule has 0 N–H and O–H groups in total. The van der Waals surface area contributed by atoms with E-state index in [-0.39, 0.29) is 28.6 Å². The third kappa shape index (κ3) is 7.17. The summed E-state index contributed by atoms with van der Waals surface area (Å²) >= 11 is 5.86. The van der Waals surface area contributed by atoms with Crippen LogP contribution in [-0.2, 0) is 26.8 Å². The van der Waals surface area contributed by atoms with Crippen molar-refractivity contribution in [3.05, 3.63) is 70.5 Å². The fourth-order valence-corrected chi connectivity index (χ4v) is 5.31. The molecule has 1 aliphatic heterocycles. The van der Waals surface area contributed by atoms with Gasteiger partial charge in [-0.05, 0) is 67.1 Å². The predicted molar refractivity (Wildman–Crippen MR) is 143 cm³/mol. The molecular formula is C28H37ClFNO4Si. The molecule has 2 aromatic rings. The molecule has 0 bridgehead atoms. The molecule has 1 aliphatic rings. The van der Waals surface area contributed by atoms with Crippen molar-refractivity contribution in [3.63, 3.8) is 0 Å². The van der Waals surface area contributed by atoms with Gasteiger partial charge in [-0.15, -0.1) is 0 Å². The Kier molecular flexibility index (Phi) is 9.36. The molecular weight excluding hydrogens is 497 g/mol. The Morgan fingerprint density at radius 3 is 2.53 bits per heavy atom. The number of carbonyl (C=O) groups is 2. The fourth-order valence-electron chi connectivity index (χ4n) is 4.10. The normalized spacial score (nSPS) is 17.2. The first-order chi connectivity index (χ1) is 16.9. The monoisotopic (exact) mass is 533 g/mol. The number of amides is 2.